The van der Waals surface area contributed by atoms with Gasteiger partial charge in [-0.05, 0) is 37.6 Å². The maximum absolute atomic E-state index is 13.0. The first-order valence-electron chi connectivity index (χ1n) is 7.83. The summed E-state index contributed by atoms with van der Waals surface area (Å²) in [6, 6.07) is 4.87. The minimum Gasteiger partial charge on any atom is -0.358 e. The van der Waals surface area contributed by atoms with Crippen molar-refractivity contribution >= 4 is 23.5 Å². The average Bonchev–Trinajstić information content (AvgIpc) is 2.55. The van der Waals surface area contributed by atoms with Gasteiger partial charge in [0.2, 0.25) is 11.8 Å². The molecule has 0 aliphatic carbocycles. The van der Waals surface area contributed by atoms with Gasteiger partial charge < -0.3 is 5.32 Å². The second-order valence-corrected chi connectivity index (χ2v) is 5.45. The van der Waals surface area contributed by atoms with Crippen molar-refractivity contribution in [1.82, 2.24) is 10.2 Å². The molecule has 0 saturated carbocycles. The second-order valence-electron chi connectivity index (χ2n) is 5.45. The number of barbiturate groups is 1. The van der Waals surface area contributed by atoms with Crippen molar-refractivity contribution in [1.29, 1.82) is 0 Å². The lowest BCUT2D eigenvalue weighted by Gasteiger charge is -2.31. The van der Waals surface area contributed by atoms with Crippen LogP contribution in [-0.2, 0) is 9.59 Å². The van der Waals surface area contributed by atoms with Gasteiger partial charge in [-0.1, -0.05) is 19.4 Å². The summed E-state index contributed by atoms with van der Waals surface area (Å²) in [7, 11) is 0. The van der Waals surface area contributed by atoms with Gasteiger partial charge in [-0.2, -0.15) is 0 Å². The molecule has 6 nitrogen and oxygen atoms in total. The van der Waals surface area contributed by atoms with E-state index in [9.17, 15) is 18.8 Å². The number of amides is 4. The average molecular weight is 333 g/mol. The van der Waals surface area contributed by atoms with Crippen LogP contribution in [0.2, 0.25) is 0 Å². The van der Waals surface area contributed by atoms with Crippen molar-refractivity contribution in [2.75, 3.05) is 11.9 Å². The van der Waals surface area contributed by atoms with Gasteiger partial charge in [-0.15, -0.1) is 0 Å². The number of carbonyl (C=O) groups is 3. The van der Waals surface area contributed by atoms with Gasteiger partial charge in [0.15, 0.2) is 5.92 Å². The Morgan fingerprint density at radius 1 is 1.29 bits per heavy atom. The van der Waals surface area contributed by atoms with E-state index in [2.05, 4.69) is 10.6 Å². The monoisotopic (exact) mass is 333 g/mol. The molecule has 1 aliphatic heterocycles. The van der Waals surface area contributed by atoms with E-state index in [0.717, 1.165) is 11.3 Å². The first kappa shape index (κ1) is 17.7. The van der Waals surface area contributed by atoms with Crippen LogP contribution in [-0.4, -0.2) is 29.3 Å². The molecule has 0 spiro atoms. The highest BCUT2D eigenvalue weighted by Gasteiger charge is 2.42. The summed E-state index contributed by atoms with van der Waals surface area (Å²) in [5.74, 6) is -2.74. The van der Waals surface area contributed by atoms with E-state index in [4.69, 9.17) is 0 Å². The van der Waals surface area contributed by atoms with Gasteiger partial charge in [0.05, 0.1) is 0 Å². The number of allylic oxidation sites excluding steroid dienone is 1. The number of hydrogen-bond acceptors (Lipinski definition) is 4. The van der Waals surface area contributed by atoms with Crippen molar-refractivity contribution in [3.05, 3.63) is 41.9 Å². The van der Waals surface area contributed by atoms with Crippen LogP contribution in [0.25, 0.3) is 0 Å². The standard InChI is InChI=1S/C17H20FN3O3/c1-3-5-10-21-16(23)14(15(22)20-17(21)24)13(4-2)19-12-8-6-11(18)7-9-12/h4,6-9,14,19H,3,5,10H2,1-2H3,(H,20,22,24)/b13-4+/t14-/m0/s1. The van der Waals surface area contributed by atoms with Gasteiger partial charge in [-0.25, -0.2) is 9.18 Å². The molecule has 7 heteroatoms. The number of hydrogen-bond donors (Lipinski definition) is 2. The zero-order chi connectivity index (χ0) is 17.7. The third-order valence-electron chi connectivity index (χ3n) is 3.74. The number of benzene rings is 1. The number of urea groups is 1. The summed E-state index contributed by atoms with van der Waals surface area (Å²) in [5, 5.41) is 5.17. The summed E-state index contributed by atoms with van der Waals surface area (Å²) >= 11 is 0. The number of carbonyl (C=O) groups excluding carboxylic acids is 3. The minimum absolute atomic E-state index is 0.262. The van der Waals surface area contributed by atoms with E-state index in [1.165, 1.54) is 24.3 Å². The number of unbranched alkanes of at least 4 members (excludes halogenated alkanes) is 1. The summed E-state index contributed by atoms with van der Waals surface area (Å²) in [5.41, 5.74) is 0.889. The molecular formula is C17H20FN3O3. The smallest absolute Gasteiger partial charge is 0.330 e. The molecule has 128 valence electrons. The highest BCUT2D eigenvalue weighted by atomic mass is 19.1. The fourth-order valence-corrected chi connectivity index (χ4v) is 2.43. The van der Waals surface area contributed by atoms with Crippen LogP contribution < -0.4 is 10.6 Å². The molecule has 1 heterocycles. The predicted molar refractivity (Wildman–Crippen MR) is 87.4 cm³/mol. The number of anilines is 1. The van der Waals surface area contributed by atoms with Crippen molar-refractivity contribution in [3.63, 3.8) is 0 Å². The largest absolute Gasteiger partial charge is 0.358 e. The van der Waals surface area contributed by atoms with Crippen molar-refractivity contribution in [2.24, 2.45) is 5.92 Å². The molecule has 4 amide bonds. The molecule has 2 rings (SSSR count). The fourth-order valence-electron chi connectivity index (χ4n) is 2.43. The summed E-state index contributed by atoms with van der Waals surface area (Å²) in [6.07, 6.45) is 3.08. The van der Waals surface area contributed by atoms with Crippen molar-refractivity contribution < 1.29 is 18.8 Å². The third kappa shape index (κ3) is 3.79. The topological polar surface area (TPSA) is 78.5 Å². The van der Waals surface area contributed by atoms with Crippen LogP contribution in [0.15, 0.2) is 36.0 Å². The quantitative estimate of drug-likeness (QED) is 0.785. The van der Waals surface area contributed by atoms with Crippen LogP contribution >= 0.6 is 0 Å². The van der Waals surface area contributed by atoms with Crippen LogP contribution in [0, 0.1) is 11.7 Å². The van der Waals surface area contributed by atoms with E-state index >= 15 is 0 Å². The minimum atomic E-state index is -1.13. The molecular weight excluding hydrogens is 313 g/mol. The Morgan fingerprint density at radius 3 is 2.54 bits per heavy atom. The van der Waals surface area contributed by atoms with Crippen LogP contribution in [0.1, 0.15) is 26.7 Å². The summed E-state index contributed by atoms with van der Waals surface area (Å²) < 4.78 is 13.0. The van der Waals surface area contributed by atoms with Gasteiger partial charge in [-0.3, -0.25) is 19.8 Å². The summed E-state index contributed by atoms with van der Waals surface area (Å²) in [4.78, 5) is 37.7. The van der Waals surface area contributed by atoms with Crippen molar-refractivity contribution in [2.45, 2.75) is 26.7 Å². The SMILES string of the molecule is C/C=C(/Nc1ccc(F)cc1)[C@H]1C(=O)NC(=O)N(CCCC)C1=O. The molecule has 1 fully saturated rings. The van der Waals surface area contributed by atoms with E-state index < -0.39 is 23.8 Å². The highest BCUT2D eigenvalue weighted by Crippen LogP contribution is 2.22. The molecule has 0 unspecified atom stereocenters. The Kier molecular flexibility index (Phi) is 5.68. The van der Waals surface area contributed by atoms with Gasteiger partial charge >= 0.3 is 6.03 Å². The van der Waals surface area contributed by atoms with E-state index in [1.54, 1.807) is 13.0 Å². The Hall–Kier alpha value is -2.70. The van der Waals surface area contributed by atoms with Gasteiger partial charge in [0, 0.05) is 17.9 Å². The van der Waals surface area contributed by atoms with Crippen LogP contribution in [0.5, 0.6) is 0 Å². The number of nitrogens with zero attached hydrogens (tertiary/aromatic N) is 1. The lowest BCUT2D eigenvalue weighted by molar-refractivity contribution is -0.140. The van der Waals surface area contributed by atoms with Crippen LogP contribution in [0.3, 0.4) is 0 Å². The molecule has 24 heavy (non-hydrogen) atoms. The zero-order valence-electron chi connectivity index (χ0n) is 13.6. The Bertz CT molecular complexity index is 670. The first-order valence-corrected chi connectivity index (χ1v) is 7.83. The molecule has 0 aromatic heterocycles. The molecule has 0 radical (unpaired) electrons. The maximum atomic E-state index is 13.0. The Balaban J connectivity index is 2.22. The highest BCUT2D eigenvalue weighted by molar-refractivity contribution is 6.18. The summed E-state index contributed by atoms with van der Waals surface area (Å²) in [6.45, 7) is 3.89. The predicted octanol–water partition coefficient (Wildman–Crippen LogP) is 2.64. The molecule has 0 bridgehead atoms. The van der Waals surface area contributed by atoms with E-state index in [1.807, 2.05) is 6.92 Å². The molecule has 1 aromatic rings. The molecule has 1 aliphatic rings. The number of halogens is 1. The van der Waals surface area contributed by atoms with E-state index in [0.29, 0.717) is 17.8 Å². The molecule has 1 aromatic carbocycles. The van der Waals surface area contributed by atoms with Crippen molar-refractivity contribution in [3.8, 4) is 0 Å². The molecule has 1 atom stereocenters. The second kappa shape index (κ2) is 7.72. The van der Waals surface area contributed by atoms with Gasteiger partial charge in [0.1, 0.15) is 5.82 Å². The third-order valence-corrected chi connectivity index (χ3v) is 3.74. The fraction of sp³-hybridized carbons (Fsp3) is 0.353. The number of rotatable bonds is 6. The lowest BCUT2D eigenvalue weighted by Crippen LogP contribution is -2.58. The number of imide groups is 2. The first-order chi connectivity index (χ1) is 11.5. The molecule has 2 N–H and O–H groups in total. The normalized spacial score (nSPS) is 18.6. The zero-order valence-corrected chi connectivity index (χ0v) is 13.6. The van der Waals surface area contributed by atoms with Gasteiger partial charge in [0.25, 0.3) is 0 Å². The molecule has 1 saturated heterocycles. The van der Waals surface area contributed by atoms with Crippen LogP contribution in [0.4, 0.5) is 14.9 Å². The maximum Gasteiger partial charge on any atom is 0.330 e. The van der Waals surface area contributed by atoms with E-state index in [-0.39, 0.29) is 12.4 Å². The Labute approximate surface area is 139 Å². The lowest BCUT2D eigenvalue weighted by atomic mass is 9.99. The Morgan fingerprint density at radius 2 is 1.96 bits per heavy atom. The number of nitrogens with one attached hydrogen (secondary N) is 2.